The van der Waals surface area contributed by atoms with Crippen LogP contribution in [-0.4, -0.2) is 29.4 Å². The second kappa shape index (κ2) is 12.0. The molecular weight excluding hydrogens is 445 g/mol. The molecule has 4 aromatic rings. The monoisotopic (exact) mass is 475 g/mol. The fourth-order valence-electron chi connectivity index (χ4n) is 3.63. The van der Waals surface area contributed by atoms with Gasteiger partial charge in [-0.25, -0.2) is 9.37 Å². The third-order valence-electron chi connectivity index (χ3n) is 5.54. The van der Waals surface area contributed by atoms with Crippen LogP contribution in [0.15, 0.2) is 85.5 Å². The molecule has 35 heavy (non-hydrogen) atoms. The molecule has 1 N–H and O–H groups in total. The predicted octanol–water partition coefficient (Wildman–Crippen LogP) is 5.72. The Morgan fingerprint density at radius 3 is 2.40 bits per heavy atom. The smallest absolute Gasteiger partial charge is 0.161 e. The lowest BCUT2D eigenvalue weighted by Crippen LogP contribution is -2.18. The average molecular weight is 476 g/mol. The van der Waals surface area contributed by atoms with E-state index in [2.05, 4.69) is 41.5 Å². The Morgan fingerprint density at radius 2 is 1.69 bits per heavy atom. The van der Waals surface area contributed by atoms with Gasteiger partial charge < -0.3 is 24.1 Å². The van der Waals surface area contributed by atoms with Gasteiger partial charge in [0.05, 0.1) is 12.9 Å². The molecule has 7 heteroatoms. The highest BCUT2D eigenvalue weighted by Gasteiger charge is 2.10. The fraction of sp³-hybridized carbons (Fsp3) is 0.250. The third-order valence-corrected chi connectivity index (χ3v) is 5.54. The summed E-state index contributed by atoms with van der Waals surface area (Å²) in [6.45, 7) is 6.02. The van der Waals surface area contributed by atoms with E-state index >= 15 is 0 Å². The van der Waals surface area contributed by atoms with Gasteiger partial charge in [0.1, 0.15) is 24.8 Å². The molecule has 1 heterocycles. The van der Waals surface area contributed by atoms with Gasteiger partial charge in [-0.2, -0.15) is 0 Å². The molecule has 4 rings (SSSR count). The number of imidazole rings is 1. The van der Waals surface area contributed by atoms with E-state index in [1.54, 1.807) is 24.7 Å². The van der Waals surface area contributed by atoms with Crippen molar-refractivity contribution in [3.05, 3.63) is 102 Å². The first-order valence-corrected chi connectivity index (χ1v) is 11.7. The van der Waals surface area contributed by atoms with E-state index in [1.165, 1.54) is 17.7 Å². The SMILES string of the molecule is CCOc1cc(CN[C@@H](C)c2ccc(-n3ccnc3)cc2)ccc1OCCOc1ccc(F)cc1. The van der Waals surface area contributed by atoms with Gasteiger partial charge in [0.15, 0.2) is 11.5 Å². The van der Waals surface area contributed by atoms with Crippen LogP contribution in [-0.2, 0) is 6.54 Å². The molecule has 0 amide bonds. The normalized spacial score (nSPS) is 11.7. The first-order valence-electron chi connectivity index (χ1n) is 11.7. The molecule has 1 atom stereocenters. The lowest BCUT2D eigenvalue weighted by atomic mass is 10.1. The number of rotatable bonds is 12. The van der Waals surface area contributed by atoms with Crippen LogP contribution in [0.1, 0.15) is 31.0 Å². The number of benzene rings is 3. The highest BCUT2D eigenvalue weighted by Crippen LogP contribution is 2.29. The molecule has 3 aromatic carbocycles. The zero-order valence-electron chi connectivity index (χ0n) is 20.0. The summed E-state index contributed by atoms with van der Waals surface area (Å²) < 4.78 is 32.2. The Balaban J connectivity index is 1.29. The minimum absolute atomic E-state index is 0.182. The number of nitrogens with zero attached hydrogens (tertiary/aromatic N) is 2. The lowest BCUT2D eigenvalue weighted by molar-refractivity contribution is 0.208. The van der Waals surface area contributed by atoms with Crippen LogP contribution < -0.4 is 19.5 Å². The molecule has 6 nitrogen and oxygen atoms in total. The van der Waals surface area contributed by atoms with Crippen molar-refractivity contribution in [2.75, 3.05) is 19.8 Å². The fourth-order valence-corrected chi connectivity index (χ4v) is 3.63. The molecule has 0 saturated heterocycles. The van der Waals surface area contributed by atoms with Gasteiger partial charge >= 0.3 is 0 Å². The molecule has 0 bridgehead atoms. The van der Waals surface area contributed by atoms with Crippen molar-refractivity contribution in [1.29, 1.82) is 0 Å². The van der Waals surface area contributed by atoms with Crippen molar-refractivity contribution in [1.82, 2.24) is 14.9 Å². The number of halogens is 1. The molecule has 1 aromatic heterocycles. The van der Waals surface area contributed by atoms with Crippen LogP contribution in [0.4, 0.5) is 4.39 Å². The zero-order chi connectivity index (χ0) is 24.5. The molecule has 0 aliphatic carbocycles. The summed E-state index contributed by atoms with van der Waals surface area (Å²) in [4.78, 5) is 4.10. The summed E-state index contributed by atoms with van der Waals surface area (Å²) in [6, 6.07) is 20.5. The molecule has 0 unspecified atom stereocenters. The summed E-state index contributed by atoms with van der Waals surface area (Å²) in [7, 11) is 0. The average Bonchev–Trinajstić information content (AvgIpc) is 3.42. The number of hydrogen-bond acceptors (Lipinski definition) is 5. The highest BCUT2D eigenvalue weighted by molar-refractivity contribution is 5.43. The number of hydrogen-bond donors (Lipinski definition) is 1. The Labute approximate surface area is 205 Å². The minimum atomic E-state index is -0.289. The number of aromatic nitrogens is 2. The summed E-state index contributed by atoms with van der Waals surface area (Å²) >= 11 is 0. The van der Waals surface area contributed by atoms with Crippen molar-refractivity contribution in [3.63, 3.8) is 0 Å². The first-order chi connectivity index (χ1) is 17.1. The highest BCUT2D eigenvalue weighted by atomic mass is 19.1. The second-order valence-electron chi connectivity index (χ2n) is 8.03. The Hall–Kier alpha value is -3.84. The van der Waals surface area contributed by atoms with Gasteiger partial charge in [0.25, 0.3) is 0 Å². The maximum atomic E-state index is 13.0. The molecular formula is C28H30FN3O3. The Bertz CT molecular complexity index is 1180. The lowest BCUT2D eigenvalue weighted by Gasteiger charge is -2.17. The van der Waals surface area contributed by atoms with Gasteiger partial charge in [-0.05, 0) is 73.5 Å². The molecule has 0 aliphatic rings. The number of nitrogens with one attached hydrogen (secondary N) is 1. The van der Waals surface area contributed by atoms with Crippen molar-refractivity contribution < 1.29 is 18.6 Å². The van der Waals surface area contributed by atoms with Gasteiger partial charge in [0, 0.05) is 30.7 Å². The first kappa shape index (κ1) is 24.3. The van der Waals surface area contributed by atoms with Gasteiger partial charge in [0.2, 0.25) is 0 Å². The van der Waals surface area contributed by atoms with E-state index in [4.69, 9.17) is 14.2 Å². The third kappa shape index (κ3) is 6.83. The summed E-state index contributed by atoms with van der Waals surface area (Å²) in [6.07, 6.45) is 5.49. The predicted molar refractivity (Wildman–Crippen MR) is 134 cm³/mol. The van der Waals surface area contributed by atoms with Crippen LogP contribution in [0.3, 0.4) is 0 Å². The van der Waals surface area contributed by atoms with E-state index in [-0.39, 0.29) is 11.9 Å². The van der Waals surface area contributed by atoms with Crippen LogP contribution in [0.2, 0.25) is 0 Å². The topological polar surface area (TPSA) is 57.5 Å². The zero-order valence-corrected chi connectivity index (χ0v) is 20.0. The molecule has 0 saturated carbocycles. The largest absolute Gasteiger partial charge is 0.490 e. The summed E-state index contributed by atoms with van der Waals surface area (Å²) in [5, 5.41) is 3.57. The second-order valence-corrected chi connectivity index (χ2v) is 8.03. The van der Waals surface area contributed by atoms with Crippen molar-refractivity contribution in [2.45, 2.75) is 26.4 Å². The molecule has 0 aliphatic heterocycles. The van der Waals surface area contributed by atoms with Crippen molar-refractivity contribution in [2.24, 2.45) is 0 Å². The van der Waals surface area contributed by atoms with Crippen LogP contribution in [0.5, 0.6) is 17.2 Å². The van der Waals surface area contributed by atoms with E-state index in [0.717, 1.165) is 11.3 Å². The van der Waals surface area contributed by atoms with Crippen LogP contribution in [0, 0.1) is 5.82 Å². The Kier molecular flexibility index (Phi) is 8.35. The van der Waals surface area contributed by atoms with Crippen molar-refractivity contribution in [3.8, 4) is 22.9 Å². The molecule has 182 valence electrons. The van der Waals surface area contributed by atoms with Crippen LogP contribution >= 0.6 is 0 Å². The standard InChI is InChI=1S/C28H30FN3O3/c1-3-33-28-18-22(4-13-27(28)35-17-16-34-26-11-7-24(29)8-12-26)19-31-21(2)23-5-9-25(10-6-23)32-15-14-30-20-32/h4-15,18,20-21,31H,3,16-17,19H2,1-2H3/t21-/m0/s1. The van der Waals surface area contributed by atoms with E-state index in [0.29, 0.717) is 43.6 Å². The quantitative estimate of drug-likeness (QED) is 0.266. The number of ether oxygens (including phenoxy) is 3. The van der Waals surface area contributed by atoms with Gasteiger partial charge in [-0.15, -0.1) is 0 Å². The Morgan fingerprint density at radius 1 is 0.914 bits per heavy atom. The van der Waals surface area contributed by atoms with E-state index in [9.17, 15) is 4.39 Å². The molecule has 0 spiro atoms. The molecule has 0 radical (unpaired) electrons. The summed E-state index contributed by atoms with van der Waals surface area (Å²) in [5.74, 6) is 1.68. The molecule has 0 fully saturated rings. The minimum Gasteiger partial charge on any atom is -0.490 e. The van der Waals surface area contributed by atoms with E-state index in [1.807, 2.05) is 35.9 Å². The maximum Gasteiger partial charge on any atom is 0.161 e. The van der Waals surface area contributed by atoms with Crippen molar-refractivity contribution >= 4 is 0 Å². The van der Waals surface area contributed by atoms with Gasteiger partial charge in [-0.3, -0.25) is 0 Å². The van der Waals surface area contributed by atoms with E-state index < -0.39 is 0 Å². The summed E-state index contributed by atoms with van der Waals surface area (Å²) in [5.41, 5.74) is 3.39. The van der Waals surface area contributed by atoms with Gasteiger partial charge in [-0.1, -0.05) is 18.2 Å². The van der Waals surface area contributed by atoms with Crippen LogP contribution in [0.25, 0.3) is 5.69 Å². The maximum absolute atomic E-state index is 13.0.